The van der Waals surface area contributed by atoms with E-state index in [9.17, 15) is 0 Å². The van der Waals surface area contributed by atoms with Gasteiger partial charge < -0.3 is 5.32 Å². The fraction of sp³-hybridized carbons (Fsp3) is 0.647. The van der Waals surface area contributed by atoms with E-state index in [1.165, 1.54) is 5.56 Å². The van der Waals surface area contributed by atoms with Crippen molar-refractivity contribution in [2.45, 2.75) is 41.0 Å². The minimum Gasteiger partial charge on any atom is -0.316 e. The van der Waals surface area contributed by atoms with Gasteiger partial charge in [0.15, 0.2) is 0 Å². The number of hydrogen-bond donors (Lipinski definition) is 1. The Kier molecular flexibility index (Phi) is 6.35. The molecular weight excluding hydrogens is 254 g/mol. The van der Waals surface area contributed by atoms with Gasteiger partial charge in [-0.1, -0.05) is 64.4 Å². The van der Waals surface area contributed by atoms with Gasteiger partial charge in [-0.05, 0) is 41.8 Å². The summed E-state index contributed by atoms with van der Waals surface area (Å²) in [4.78, 5) is 0. The van der Waals surface area contributed by atoms with Gasteiger partial charge in [0.2, 0.25) is 0 Å². The van der Waals surface area contributed by atoms with E-state index >= 15 is 0 Å². The third-order valence-corrected chi connectivity index (χ3v) is 4.40. The van der Waals surface area contributed by atoms with Gasteiger partial charge in [-0.2, -0.15) is 0 Å². The molecule has 2 heteroatoms. The Balaban J connectivity index is 2.74. The van der Waals surface area contributed by atoms with E-state index in [-0.39, 0.29) is 5.41 Å². The van der Waals surface area contributed by atoms with Crippen molar-refractivity contribution >= 4 is 11.6 Å². The second-order valence-electron chi connectivity index (χ2n) is 6.60. The van der Waals surface area contributed by atoms with Crippen LogP contribution in [0.3, 0.4) is 0 Å². The quantitative estimate of drug-likeness (QED) is 0.758. The maximum Gasteiger partial charge on any atom is 0.0438 e. The Hall–Kier alpha value is -0.530. The van der Waals surface area contributed by atoms with E-state index in [2.05, 4.69) is 52.1 Å². The van der Waals surface area contributed by atoms with E-state index in [0.717, 1.165) is 24.5 Å². The molecule has 0 saturated carbocycles. The van der Waals surface area contributed by atoms with Crippen LogP contribution in [-0.2, 0) is 6.42 Å². The van der Waals surface area contributed by atoms with Crippen LogP contribution in [0.4, 0.5) is 0 Å². The average molecular weight is 282 g/mol. The van der Waals surface area contributed by atoms with E-state index in [0.29, 0.717) is 11.8 Å². The summed E-state index contributed by atoms with van der Waals surface area (Å²) in [6, 6.07) is 8.20. The average Bonchev–Trinajstić information content (AvgIpc) is 2.31. The second-order valence-corrected chi connectivity index (χ2v) is 7.01. The highest BCUT2D eigenvalue weighted by atomic mass is 35.5. The molecule has 1 unspecified atom stereocenters. The fourth-order valence-corrected chi connectivity index (χ4v) is 2.40. The van der Waals surface area contributed by atoms with Crippen molar-refractivity contribution < 1.29 is 0 Å². The molecule has 0 fully saturated rings. The second kappa shape index (κ2) is 7.31. The molecule has 0 bridgehead atoms. The first-order chi connectivity index (χ1) is 8.85. The molecule has 0 aliphatic carbocycles. The molecule has 1 nitrogen and oxygen atoms in total. The third-order valence-electron chi connectivity index (χ3n) is 4.03. The lowest BCUT2D eigenvalue weighted by Crippen LogP contribution is -2.39. The predicted molar refractivity (Wildman–Crippen MR) is 85.8 cm³/mol. The van der Waals surface area contributed by atoms with Crippen LogP contribution in [0, 0.1) is 17.3 Å². The zero-order valence-electron chi connectivity index (χ0n) is 13.0. The van der Waals surface area contributed by atoms with Crippen LogP contribution in [0.1, 0.15) is 40.2 Å². The van der Waals surface area contributed by atoms with Crippen LogP contribution in [0.2, 0.25) is 5.02 Å². The highest BCUT2D eigenvalue weighted by molar-refractivity contribution is 6.31. The number of hydrogen-bond acceptors (Lipinski definition) is 1. The summed E-state index contributed by atoms with van der Waals surface area (Å²) in [6.07, 6.45) is 1.02. The lowest BCUT2D eigenvalue weighted by molar-refractivity contribution is 0.205. The molecule has 0 heterocycles. The Bertz CT molecular complexity index is 387. The molecule has 1 atom stereocenters. The normalized spacial score (nSPS) is 14.9. The van der Waals surface area contributed by atoms with Crippen LogP contribution in [-0.4, -0.2) is 13.1 Å². The highest BCUT2D eigenvalue weighted by Gasteiger charge is 2.29. The van der Waals surface area contributed by atoms with Crippen LogP contribution < -0.4 is 5.32 Å². The zero-order valence-corrected chi connectivity index (χ0v) is 13.7. The van der Waals surface area contributed by atoms with Crippen LogP contribution in [0.15, 0.2) is 24.3 Å². The standard InChI is InChI=1S/C17H28ClN/c1-13(2)11-19-12-17(5,14(3)4)10-15-8-6-7-9-16(15)18/h6-9,13-14,19H,10-12H2,1-5H3. The molecule has 0 spiro atoms. The van der Waals surface area contributed by atoms with Crippen molar-refractivity contribution in [1.29, 1.82) is 0 Å². The topological polar surface area (TPSA) is 12.0 Å². The molecule has 0 saturated heterocycles. The van der Waals surface area contributed by atoms with Gasteiger partial charge in [-0.3, -0.25) is 0 Å². The van der Waals surface area contributed by atoms with Gasteiger partial charge in [0, 0.05) is 11.6 Å². The Labute approximate surface area is 123 Å². The van der Waals surface area contributed by atoms with E-state index in [1.54, 1.807) is 0 Å². The maximum absolute atomic E-state index is 6.30. The lowest BCUT2D eigenvalue weighted by Gasteiger charge is -2.35. The van der Waals surface area contributed by atoms with E-state index in [4.69, 9.17) is 11.6 Å². The molecule has 0 radical (unpaired) electrons. The van der Waals surface area contributed by atoms with Gasteiger partial charge in [-0.15, -0.1) is 0 Å². The van der Waals surface area contributed by atoms with Crippen molar-refractivity contribution in [2.24, 2.45) is 17.3 Å². The first-order valence-corrected chi connectivity index (χ1v) is 7.67. The van der Waals surface area contributed by atoms with Crippen molar-refractivity contribution in [3.63, 3.8) is 0 Å². The smallest absolute Gasteiger partial charge is 0.0438 e. The fourth-order valence-electron chi connectivity index (χ4n) is 2.19. The van der Waals surface area contributed by atoms with Crippen LogP contribution in [0.25, 0.3) is 0 Å². The first kappa shape index (κ1) is 16.5. The molecule has 0 aliphatic heterocycles. The molecule has 19 heavy (non-hydrogen) atoms. The van der Waals surface area contributed by atoms with Gasteiger partial charge >= 0.3 is 0 Å². The monoisotopic (exact) mass is 281 g/mol. The summed E-state index contributed by atoms with van der Waals surface area (Å²) in [6.45, 7) is 13.6. The first-order valence-electron chi connectivity index (χ1n) is 7.29. The Morgan fingerprint density at radius 3 is 2.32 bits per heavy atom. The van der Waals surface area contributed by atoms with E-state index in [1.807, 2.05) is 12.1 Å². The van der Waals surface area contributed by atoms with E-state index < -0.39 is 0 Å². The SMILES string of the molecule is CC(C)CNCC(C)(Cc1ccccc1Cl)C(C)C. The minimum absolute atomic E-state index is 0.236. The third kappa shape index (κ3) is 5.16. The summed E-state index contributed by atoms with van der Waals surface area (Å²) < 4.78 is 0. The Morgan fingerprint density at radius 1 is 1.16 bits per heavy atom. The molecule has 0 aliphatic rings. The zero-order chi connectivity index (χ0) is 14.5. The lowest BCUT2D eigenvalue weighted by atomic mass is 9.74. The van der Waals surface area contributed by atoms with Gasteiger partial charge in [-0.25, -0.2) is 0 Å². The molecule has 0 amide bonds. The molecule has 1 aromatic carbocycles. The van der Waals surface area contributed by atoms with Crippen molar-refractivity contribution in [3.8, 4) is 0 Å². The van der Waals surface area contributed by atoms with Crippen LogP contribution in [0.5, 0.6) is 0 Å². The summed E-state index contributed by atoms with van der Waals surface area (Å²) in [5, 5.41) is 4.49. The number of nitrogens with one attached hydrogen (secondary N) is 1. The van der Waals surface area contributed by atoms with Crippen molar-refractivity contribution in [3.05, 3.63) is 34.9 Å². The summed E-state index contributed by atoms with van der Waals surface area (Å²) >= 11 is 6.30. The number of rotatable bonds is 7. The number of benzene rings is 1. The predicted octanol–water partition coefficient (Wildman–Crippen LogP) is 4.79. The minimum atomic E-state index is 0.236. The van der Waals surface area contributed by atoms with Crippen LogP contribution >= 0.6 is 11.6 Å². The largest absolute Gasteiger partial charge is 0.316 e. The molecule has 1 rings (SSSR count). The van der Waals surface area contributed by atoms with Crippen molar-refractivity contribution in [2.75, 3.05) is 13.1 Å². The summed E-state index contributed by atoms with van der Waals surface area (Å²) in [5.41, 5.74) is 1.49. The van der Waals surface area contributed by atoms with Gasteiger partial charge in [0.05, 0.1) is 0 Å². The van der Waals surface area contributed by atoms with Gasteiger partial charge in [0.1, 0.15) is 0 Å². The maximum atomic E-state index is 6.30. The molecule has 1 aromatic rings. The highest BCUT2D eigenvalue weighted by Crippen LogP contribution is 2.33. The number of halogens is 1. The molecular formula is C17H28ClN. The molecule has 108 valence electrons. The summed E-state index contributed by atoms with van der Waals surface area (Å²) in [7, 11) is 0. The van der Waals surface area contributed by atoms with Crippen molar-refractivity contribution in [1.82, 2.24) is 5.32 Å². The van der Waals surface area contributed by atoms with Gasteiger partial charge in [0.25, 0.3) is 0 Å². The molecule has 0 aromatic heterocycles. The summed E-state index contributed by atoms with van der Waals surface area (Å²) in [5.74, 6) is 1.31. The Morgan fingerprint density at radius 2 is 1.79 bits per heavy atom. The molecule has 1 N–H and O–H groups in total.